The van der Waals surface area contributed by atoms with Crippen LogP contribution in [0.2, 0.25) is 0 Å². The topological polar surface area (TPSA) is 90.2 Å². The highest BCUT2D eigenvalue weighted by Crippen LogP contribution is 2.06. The van der Waals surface area contributed by atoms with Crippen molar-refractivity contribution in [2.75, 3.05) is 13.7 Å². The van der Waals surface area contributed by atoms with Crippen LogP contribution in [0.3, 0.4) is 0 Å². The minimum absolute atomic E-state index is 0.401. The van der Waals surface area contributed by atoms with Gasteiger partial charge < -0.3 is 25.2 Å². The summed E-state index contributed by atoms with van der Waals surface area (Å²) in [5, 5.41) is 35.9. The number of methoxy groups -OCH3 is 1. The van der Waals surface area contributed by atoms with E-state index in [0.717, 1.165) is 0 Å². The van der Waals surface area contributed by atoms with Crippen LogP contribution in [-0.4, -0.2) is 58.6 Å². The van der Waals surface area contributed by atoms with E-state index in [2.05, 4.69) is 4.74 Å². The van der Waals surface area contributed by atoms with E-state index in [4.69, 9.17) is 15.3 Å². The summed E-state index contributed by atoms with van der Waals surface area (Å²) in [4.78, 5) is 0. The molecule has 0 saturated carbocycles. The van der Waals surface area contributed by atoms with E-state index in [9.17, 15) is 5.11 Å². The van der Waals surface area contributed by atoms with Crippen LogP contribution < -0.4 is 0 Å². The molecular formula is C7H16O5. The van der Waals surface area contributed by atoms with Crippen LogP contribution in [0.1, 0.15) is 6.92 Å². The van der Waals surface area contributed by atoms with E-state index >= 15 is 0 Å². The van der Waals surface area contributed by atoms with Gasteiger partial charge in [-0.25, -0.2) is 0 Å². The molecule has 0 unspecified atom stereocenters. The number of aliphatic hydroxyl groups is 4. The fourth-order valence-corrected chi connectivity index (χ4v) is 0.827. The molecule has 0 aliphatic carbocycles. The van der Waals surface area contributed by atoms with Gasteiger partial charge in [-0.15, -0.1) is 0 Å². The van der Waals surface area contributed by atoms with Crippen molar-refractivity contribution in [1.29, 1.82) is 0 Å². The summed E-state index contributed by atoms with van der Waals surface area (Å²) in [6.45, 7) is 0.944. The Kier molecular flexibility index (Phi) is 5.36. The molecule has 4 atom stereocenters. The van der Waals surface area contributed by atoms with E-state index in [0.29, 0.717) is 0 Å². The maximum Gasteiger partial charge on any atom is 0.111 e. The zero-order valence-electron chi connectivity index (χ0n) is 7.21. The van der Waals surface area contributed by atoms with Gasteiger partial charge in [0.2, 0.25) is 0 Å². The maximum atomic E-state index is 9.25. The Labute approximate surface area is 71.2 Å². The summed E-state index contributed by atoms with van der Waals surface area (Å²) in [5.41, 5.74) is 0. The van der Waals surface area contributed by atoms with E-state index in [-0.39, 0.29) is 0 Å². The SMILES string of the molecule is CO[C@@H](CO)[C@@H](O)[C@@H](O)[C@@H](C)O. The summed E-state index contributed by atoms with van der Waals surface area (Å²) in [5.74, 6) is 0. The number of ether oxygens (including phenoxy) is 1. The quantitative estimate of drug-likeness (QED) is 0.396. The molecular weight excluding hydrogens is 164 g/mol. The molecule has 5 heteroatoms. The Hall–Kier alpha value is -0.200. The number of hydrogen-bond donors (Lipinski definition) is 4. The summed E-state index contributed by atoms with van der Waals surface area (Å²) in [6.07, 6.45) is -4.50. The summed E-state index contributed by atoms with van der Waals surface area (Å²) in [7, 11) is 1.30. The molecule has 0 spiro atoms. The van der Waals surface area contributed by atoms with Crippen LogP contribution in [-0.2, 0) is 4.74 Å². The van der Waals surface area contributed by atoms with E-state index < -0.39 is 31.0 Å². The average molecular weight is 180 g/mol. The van der Waals surface area contributed by atoms with Crippen molar-refractivity contribution >= 4 is 0 Å². The van der Waals surface area contributed by atoms with Gasteiger partial charge in [0.25, 0.3) is 0 Å². The highest BCUT2D eigenvalue weighted by Gasteiger charge is 2.28. The average Bonchev–Trinajstić information content (AvgIpc) is 2.05. The molecule has 0 radical (unpaired) electrons. The first-order valence-corrected chi connectivity index (χ1v) is 3.72. The van der Waals surface area contributed by atoms with E-state index in [1.807, 2.05) is 0 Å². The number of aliphatic hydroxyl groups excluding tert-OH is 4. The fourth-order valence-electron chi connectivity index (χ4n) is 0.827. The predicted molar refractivity (Wildman–Crippen MR) is 41.6 cm³/mol. The summed E-state index contributed by atoms with van der Waals surface area (Å²) in [6, 6.07) is 0. The number of hydrogen-bond acceptors (Lipinski definition) is 5. The minimum Gasteiger partial charge on any atom is -0.394 e. The first kappa shape index (κ1) is 11.8. The zero-order chi connectivity index (χ0) is 9.72. The molecule has 0 aromatic carbocycles. The molecule has 12 heavy (non-hydrogen) atoms. The summed E-state index contributed by atoms with van der Waals surface area (Å²) >= 11 is 0. The van der Waals surface area contributed by atoms with Crippen LogP contribution in [0.15, 0.2) is 0 Å². The fraction of sp³-hybridized carbons (Fsp3) is 1.00. The summed E-state index contributed by atoms with van der Waals surface area (Å²) < 4.78 is 4.66. The lowest BCUT2D eigenvalue weighted by atomic mass is 10.0. The second-order valence-electron chi connectivity index (χ2n) is 2.68. The van der Waals surface area contributed by atoms with Crippen molar-refractivity contribution in [1.82, 2.24) is 0 Å². The van der Waals surface area contributed by atoms with Crippen LogP contribution in [0, 0.1) is 0 Å². The largest absolute Gasteiger partial charge is 0.394 e. The molecule has 0 aliphatic heterocycles. The van der Waals surface area contributed by atoms with E-state index in [1.165, 1.54) is 14.0 Å². The van der Waals surface area contributed by atoms with Crippen molar-refractivity contribution in [2.45, 2.75) is 31.3 Å². The second kappa shape index (κ2) is 5.45. The Morgan fingerprint density at radius 2 is 1.67 bits per heavy atom. The van der Waals surface area contributed by atoms with Gasteiger partial charge in [-0.2, -0.15) is 0 Å². The maximum absolute atomic E-state index is 9.25. The van der Waals surface area contributed by atoms with Gasteiger partial charge in [-0.05, 0) is 6.92 Å². The highest BCUT2D eigenvalue weighted by atomic mass is 16.5. The Bertz CT molecular complexity index is 110. The van der Waals surface area contributed by atoms with Crippen molar-refractivity contribution < 1.29 is 25.2 Å². The first-order valence-electron chi connectivity index (χ1n) is 3.72. The standard InChI is InChI=1S/C7H16O5/c1-4(9)6(10)7(11)5(3-8)12-2/h4-11H,3H2,1-2H3/t4-,5+,6+,7-/m1/s1. The van der Waals surface area contributed by atoms with Gasteiger partial charge in [0.15, 0.2) is 0 Å². The van der Waals surface area contributed by atoms with Crippen LogP contribution in [0.25, 0.3) is 0 Å². The molecule has 0 saturated heterocycles. The smallest absolute Gasteiger partial charge is 0.111 e. The second-order valence-corrected chi connectivity index (χ2v) is 2.68. The first-order chi connectivity index (χ1) is 5.54. The minimum atomic E-state index is -1.30. The van der Waals surface area contributed by atoms with Gasteiger partial charge >= 0.3 is 0 Å². The van der Waals surface area contributed by atoms with Crippen molar-refractivity contribution in [2.24, 2.45) is 0 Å². The third-order valence-corrected chi connectivity index (χ3v) is 1.71. The lowest BCUT2D eigenvalue weighted by Gasteiger charge is -2.25. The van der Waals surface area contributed by atoms with Crippen molar-refractivity contribution in [3.8, 4) is 0 Å². The molecule has 74 valence electrons. The van der Waals surface area contributed by atoms with Gasteiger partial charge in [0.05, 0.1) is 12.7 Å². The Balaban J connectivity index is 4.05. The van der Waals surface area contributed by atoms with Crippen LogP contribution >= 0.6 is 0 Å². The van der Waals surface area contributed by atoms with Crippen molar-refractivity contribution in [3.63, 3.8) is 0 Å². The molecule has 0 aromatic rings. The van der Waals surface area contributed by atoms with Gasteiger partial charge in [-0.1, -0.05) is 0 Å². The molecule has 0 aliphatic rings. The van der Waals surface area contributed by atoms with Crippen LogP contribution in [0.5, 0.6) is 0 Å². The normalized spacial score (nSPS) is 21.5. The molecule has 0 heterocycles. The molecule has 5 nitrogen and oxygen atoms in total. The lowest BCUT2D eigenvalue weighted by Crippen LogP contribution is -2.45. The monoisotopic (exact) mass is 180 g/mol. The van der Waals surface area contributed by atoms with Crippen molar-refractivity contribution in [3.05, 3.63) is 0 Å². The Morgan fingerprint density at radius 1 is 1.17 bits per heavy atom. The molecule has 0 rings (SSSR count). The van der Waals surface area contributed by atoms with Gasteiger partial charge in [0, 0.05) is 7.11 Å². The third-order valence-electron chi connectivity index (χ3n) is 1.71. The number of rotatable bonds is 5. The lowest BCUT2D eigenvalue weighted by molar-refractivity contribution is -0.121. The van der Waals surface area contributed by atoms with Gasteiger partial charge in [0.1, 0.15) is 18.3 Å². The zero-order valence-corrected chi connectivity index (χ0v) is 7.21. The van der Waals surface area contributed by atoms with Crippen LogP contribution in [0.4, 0.5) is 0 Å². The predicted octanol–water partition coefficient (Wildman–Crippen LogP) is -1.90. The molecule has 0 aromatic heterocycles. The van der Waals surface area contributed by atoms with Gasteiger partial charge in [-0.3, -0.25) is 0 Å². The molecule has 0 amide bonds. The molecule has 4 N–H and O–H groups in total. The third kappa shape index (κ3) is 3.04. The molecule has 0 bridgehead atoms. The highest BCUT2D eigenvalue weighted by molar-refractivity contribution is 4.79. The Morgan fingerprint density at radius 3 is 1.92 bits per heavy atom. The van der Waals surface area contributed by atoms with E-state index in [1.54, 1.807) is 0 Å². The molecule has 0 fully saturated rings.